The Morgan fingerprint density at radius 3 is 2.79 bits per heavy atom. The lowest BCUT2D eigenvalue weighted by atomic mass is 10.1. The Hall–Kier alpha value is -2.38. The number of unbranched alkanes of at least 4 members (excludes halogenated alkanes) is 1. The Morgan fingerprint density at radius 1 is 1.58 bits per heavy atom. The molecule has 134 valence electrons. The summed E-state index contributed by atoms with van der Waals surface area (Å²) in [5.74, 6) is -0.776. The van der Waals surface area contributed by atoms with Crippen molar-refractivity contribution in [3.8, 4) is 6.07 Å². The number of carbonyl (C=O) groups is 3. The lowest BCUT2D eigenvalue weighted by Crippen LogP contribution is -2.58. The third kappa shape index (κ3) is 6.80. The van der Waals surface area contributed by atoms with Crippen molar-refractivity contribution in [1.29, 1.82) is 5.26 Å². The molecule has 11 heteroatoms. The van der Waals surface area contributed by atoms with E-state index in [0.29, 0.717) is 19.3 Å². The van der Waals surface area contributed by atoms with Gasteiger partial charge in [0.2, 0.25) is 11.9 Å². The molecule has 0 aromatic rings. The molecule has 4 amide bonds. The highest BCUT2D eigenvalue weighted by molar-refractivity contribution is 6.07. The van der Waals surface area contributed by atoms with Crippen LogP contribution in [0.2, 0.25) is 0 Å². The first kappa shape index (κ1) is 21.6. The number of likely N-dealkylation sites (N-methyl/N-ethyl adjacent to an activating group) is 1. The molecule has 0 saturated heterocycles. The lowest BCUT2D eigenvalue weighted by Gasteiger charge is -2.30. The van der Waals surface area contributed by atoms with Crippen LogP contribution in [0.4, 0.5) is 4.79 Å². The Labute approximate surface area is 146 Å². The summed E-state index contributed by atoms with van der Waals surface area (Å²) >= 11 is 0. The van der Waals surface area contributed by atoms with E-state index in [1.165, 1.54) is 11.9 Å². The van der Waals surface area contributed by atoms with Gasteiger partial charge in [-0.25, -0.2) is 9.79 Å². The van der Waals surface area contributed by atoms with Crippen LogP contribution in [0.3, 0.4) is 0 Å². The van der Waals surface area contributed by atoms with E-state index in [9.17, 15) is 14.4 Å². The zero-order valence-electron chi connectivity index (χ0n) is 13.3. The zero-order chi connectivity index (χ0) is 17.4. The monoisotopic (exact) mass is 359 g/mol. The maximum atomic E-state index is 12.2. The van der Waals surface area contributed by atoms with Gasteiger partial charge in [-0.05, 0) is 12.8 Å². The van der Waals surface area contributed by atoms with Crippen LogP contribution in [0.15, 0.2) is 4.99 Å². The molecule has 0 fully saturated rings. The fraction of sp³-hybridized carbons (Fsp3) is 0.615. The predicted octanol–water partition coefficient (Wildman–Crippen LogP) is -1.20. The first-order chi connectivity index (χ1) is 10.8. The minimum Gasteiger partial charge on any atom is -0.351 e. The number of amides is 4. The van der Waals surface area contributed by atoms with Crippen molar-refractivity contribution < 1.29 is 14.4 Å². The van der Waals surface area contributed by atoms with Crippen LogP contribution < -0.4 is 22.1 Å². The zero-order valence-corrected chi connectivity index (χ0v) is 14.1. The Morgan fingerprint density at radius 2 is 2.25 bits per heavy atom. The van der Waals surface area contributed by atoms with Crippen LogP contribution >= 0.6 is 12.4 Å². The number of guanidine groups is 1. The van der Waals surface area contributed by atoms with E-state index in [1.54, 1.807) is 0 Å². The number of halogens is 1. The number of carbonyl (C=O) groups excluding carboxylic acids is 3. The number of primary amides is 1. The van der Waals surface area contributed by atoms with Gasteiger partial charge >= 0.3 is 6.03 Å². The van der Waals surface area contributed by atoms with Crippen LogP contribution in [0.1, 0.15) is 25.7 Å². The second-order valence-electron chi connectivity index (χ2n) is 5.20. The number of rotatable bonds is 6. The molecule has 1 unspecified atom stereocenters. The summed E-state index contributed by atoms with van der Waals surface area (Å²) < 4.78 is 0. The first-order valence-corrected chi connectivity index (χ1v) is 7.15. The van der Waals surface area contributed by atoms with Gasteiger partial charge in [0, 0.05) is 25.9 Å². The molecule has 0 radical (unpaired) electrons. The summed E-state index contributed by atoms with van der Waals surface area (Å²) in [4.78, 5) is 40.1. The fourth-order valence-corrected chi connectivity index (χ4v) is 2.07. The third-order valence-electron chi connectivity index (χ3n) is 3.37. The number of aliphatic imine (C=N–C) groups is 1. The molecule has 24 heavy (non-hydrogen) atoms. The van der Waals surface area contributed by atoms with Gasteiger partial charge in [0.25, 0.3) is 5.91 Å². The van der Waals surface area contributed by atoms with E-state index >= 15 is 0 Å². The van der Waals surface area contributed by atoms with Crippen LogP contribution in [-0.2, 0) is 9.59 Å². The lowest BCUT2D eigenvalue weighted by molar-refractivity contribution is -0.138. The average Bonchev–Trinajstić information content (AvgIpc) is 2.46. The van der Waals surface area contributed by atoms with Crippen LogP contribution in [0.5, 0.6) is 0 Å². The van der Waals surface area contributed by atoms with Gasteiger partial charge in [0.15, 0.2) is 0 Å². The van der Waals surface area contributed by atoms with E-state index in [1.807, 2.05) is 6.07 Å². The van der Waals surface area contributed by atoms with Crippen molar-refractivity contribution in [1.82, 2.24) is 15.5 Å². The molecule has 1 aliphatic rings. The number of nitriles is 1. The third-order valence-corrected chi connectivity index (χ3v) is 3.37. The number of hydrogen-bond donors (Lipinski definition) is 4. The first-order valence-electron chi connectivity index (χ1n) is 7.15. The Balaban J connectivity index is 0.00000529. The molecule has 0 spiro atoms. The molecule has 1 heterocycles. The maximum absolute atomic E-state index is 12.2. The molecular weight excluding hydrogens is 338 g/mol. The van der Waals surface area contributed by atoms with Crippen LogP contribution in [0, 0.1) is 11.3 Å². The SMILES string of the molecule is CN(C(=O)C[C@@H](N)CCCC#N)C1CN=C(NC(N)=O)NC1=O.Cl. The predicted molar refractivity (Wildman–Crippen MR) is 89.0 cm³/mol. The van der Waals surface area contributed by atoms with Crippen molar-refractivity contribution in [3.63, 3.8) is 0 Å². The van der Waals surface area contributed by atoms with E-state index in [4.69, 9.17) is 16.7 Å². The maximum Gasteiger partial charge on any atom is 0.318 e. The fourth-order valence-electron chi connectivity index (χ4n) is 2.07. The molecule has 0 aromatic carbocycles. The average molecular weight is 360 g/mol. The molecular formula is C13H22ClN7O3. The van der Waals surface area contributed by atoms with Crippen molar-refractivity contribution in [3.05, 3.63) is 0 Å². The minimum atomic E-state index is -0.838. The van der Waals surface area contributed by atoms with Gasteiger partial charge in [0.05, 0.1) is 12.6 Å². The van der Waals surface area contributed by atoms with E-state index in [-0.39, 0.29) is 43.3 Å². The molecule has 1 aliphatic heterocycles. The molecule has 10 nitrogen and oxygen atoms in total. The minimum absolute atomic E-state index is 0. The number of hydrogen-bond acceptors (Lipinski definition) is 6. The highest BCUT2D eigenvalue weighted by atomic mass is 35.5. The molecule has 1 rings (SSSR count). The molecule has 0 bridgehead atoms. The van der Waals surface area contributed by atoms with Crippen LogP contribution in [-0.4, -0.2) is 54.4 Å². The number of nitrogens with zero attached hydrogens (tertiary/aromatic N) is 3. The summed E-state index contributed by atoms with van der Waals surface area (Å²) in [6, 6.07) is 0.0475. The Kier molecular flexibility index (Phi) is 9.37. The highest BCUT2D eigenvalue weighted by Crippen LogP contribution is 2.08. The Bertz CT molecular complexity index is 546. The quantitative estimate of drug-likeness (QED) is 0.436. The molecule has 2 atom stereocenters. The molecule has 0 saturated carbocycles. The topological polar surface area (TPSA) is 167 Å². The second-order valence-corrected chi connectivity index (χ2v) is 5.20. The van der Waals surface area contributed by atoms with Gasteiger partial charge < -0.3 is 16.4 Å². The second kappa shape index (κ2) is 10.4. The summed E-state index contributed by atoms with van der Waals surface area (Å²) in [5, 5.41) is 13.0. The largest absolute Gasteiger partial charge is 0.351 e. The molecule has 0 aromatic heterocycles. The van der Waals surface area contributed by atoms with Gasteiger partial charge in [-0.2, -0.15) is 5.26 Å². The van der Waals surface area contributed by atoms with E-state index < -0.39 is 18.0 Å². The number of nitrogens with one attached hydrogen (secondary N) is 2. The molecule has 6 N–H and O–H groups in total. The van der Waals surface area contributed by atoms with E-state index in [0.717, 1.165) is 0 Å². The number of urea groups is 1. The van der Waals surface area contributed by atoms with Gasteiger partial charge in [-0.3, -0.25) is 20.2 Å². The summed E-state index contributed by atoms with van der Waals surface area (Å²) in [7, 11) is 1.50. The highest BCUT2D eigenvalue weighted by Gasteiger charge is 2.31. The summed E-state index contributed by atoms with van der Waals surface area (Å²) in [6.45, 7) is 0.0212. The normalized spacial score (nSPS) is 17.5. The van der Waals surface area contributed by atoms with Crippen LogP contribution in [0.25, 0.3) is 0 Å². The molecule has 0 aliphatic carbocycles. The summed E-state index contributed by atoms with van der Waals surface area (Å²) in [6.07, 6.45) is 1.68. The van der Waals surface area contributed by atoms with Crippen molar-refractivity contribution in [2.75, 3.05) is 13.6 Å². The van der Waals surface area contributed by atoms with E-state index in [2.05, 4.69) is 15.6 Å². The van der Waals surface area contributed by atoms with Crippen molar-refractivity contribution in [2.24, 2.45) is 16.5 Å². The van der Waals surface area contributed by atoms with Crippen molar-refractivity contribution >= 4 is 36.2 Å². The van der Waals surface area contributed by atoms with Gasteiger partial charge in [-0.1, -0.05) is 0 Å². The standard InChI is InChI=1S/C13H21N7O3.ClH/c1-20(10(21)6-8(15)4-2-3-5-14)9-7-17-13(18-11(9)22)19-12(16)23;/h8-9H,2-4,6-7,15H2,1H3,(H4,16,17,18,19,22,23);1H/t8-,9?;/m0./s1. The van der Waals surface area contributed by atoms with Crippen molar-refractivity contribution in [2.45, 2.75) is 37.8 Å². The number of nitrogens with two attached hydrogens (primary N) is 2. The van der Waals surface area contributed by atoms with Gasteiger partial charge in [-0.15, -0.1) is 12.4 Å². The summed E-state index contributed by atoms with van der Waals surface area (Å²) in [5.41, 5.74) is 10.8. The smallest absolute Gasteiger partial charge is 0.318 e. The van der Waals surface area contributed by atoms with Gasteiger partial charge in [0.1, 0.15) is 6.04 Å².